The maximum Gasteiger partial charge on any atom is 0.179 e. The molecule has 0 fully saturated rings. The predicted molar refractivity (Wildman–Crippen MR) is 176 cm³/mol. The van der Waals surface area contributed by atoms with Gasteiger partial charge in [0.2, 0.25) is 0 Å². The standard InChI is InChI=1S/C34H46N4OSi2/c1-33(2,21-17-27-9-13-29(14-10-27)31-19-23-35-37-25-31)40(5,6)39-41(7,8)34(3,4)22-18-28-11-15-30(16-12-28)32-20-24-36-38-26-32/h9-16,19-20,23-26H,17-18,21-22H2,1-8H3. The molecule has 0 unspecified atom stereocenters. The zero-order valence-electron chi connectivity index (χ0n) is 26.1. The first-order valence-corrected chi connectivity index (χ1v) is 20.5. The third-order valence-corrected chi connectivity index (χ3v) is 20.7. The predicted octanol–water partition coefficient (Wildman–Crippen LogP) is 9.15. The third kappa shape index (κ3) is 7.64. The van der Waals surface area contributed by atoms with Crippen molar-refractivity contribution in [3.8, 4) is 22.3 Å². The summed E-state index contributed by atoms with van der Waals surface area (Å²) in [6.45, 7) is 19.4. The van der Waals surface area contributed by atoms with Gasteiger partial charge in [0.25, 0.3) is 0 Å². The van der Waals surface area contributed by atoms with Crippen LogP contribution in [0.3, 0.4) is 0 Å². The van der Waals surface area contributed by atoms with E-state index in [1.165, 1.54) is 22.3 Å². The van der Waals surface area contributed by atoms with Crippen molar-refractivity contribution in [2.45, 2.75) is 89.6 Å². The molecule has 0 saturated carbocycles. The summed E-state index contributed by atoms with van der Waals surface area (Å²) in [7, 11) is -4.02. The van der Waals surface area contributed by atoms with E-state index in [1.54, 1.807) is 12.4 Å². The fourth-order valence-electron chi connectivity index (χ4n) is 5.08. The zero-order chi connectivity index (χ0) is 29.7. The summed E-state index contributed by atoms with van der Waals surface area (Å²) in [4.78, 5) is 0. The normalized spacial score (nSPS) is 12.9. The van der Waals surface area contributed by atoms with Gasteiger partial charge in [0.1, 0.15) is 0 Å². The second-order valence-corrected chi connectivity index (χ2v) is 23.1. The van der Waals surface area contributed by atoms with Crippen LogP contribution in [-0.4, -0.2) is 37.0 Å². The van der Waals surface area contributed by atoms with Crippen LogP contribution in [0.25, 0.3) is 22.3 Å². The average molecular weight is 583 g/mol. The Morgan fingerprint density at radius 3 is 1.20 bits per heavy atom. The molecule has 0 atom stereocenters. The Bertz CT molecular complexity index is 1280. The van der Waals surface area contributed by atoms with E-state index < -0.39 is 16.6 Å². The Morgan fingerprint density at radius 2 is 0.878 bits per heavy atom. The number of rotatable bonds is 12. The minimum Gasteiger partial charge on any atom is -0.455 e. The summed E-state index contributed by atoms with van der Waals surface area (Å²) in [6, 6.07) is 21.8. The van der Waals surface area contributed by atoms with Crippen molar-refractivity contribution in [1.29, 1.82) is 0 Å². The van der Waals surface area contributed by atoms with E-state index in [4.69, 9.17) is 4.12 Å². The molecule has 0 spiro atoms. The van der Waals surface area contributed by atoms with Crippen LogP contribution in [0.15, 0.2) is 85.5 Å². The average Bonchev–Trinajstić information content (AvgIpc) is 2.96. The molecule has 4 rings (SSSR count). The first kappa shape index (κ1) is 30.9. The van der Waals surface area contributed by atoms with Crippen LogP contribution in [0.4, 0.5) is 0 Å². The number of benzene rings is 2. The van der Waals surface area contributed by atoms with Crippen LogP contribution >= 0.6 is 0 Å². The number of aromatic nitrogens is 4. The highest BCUT2D eigenvalue weighted by Crippen LogP contribution is 2.49. The molecule has 2 heterocycles. The van der Waals surface area contributed by atoms with Crippen molar-refractivity contribution in [3.05, 3.63) is 96.6 Å². The van der Waals surface area contributed by atoms with Crippen LogP contribution in [0.5, 0.6) is 0 Å². The SMILES string of the molecule is CC(C)(CCc1ccc(-c2ccnnc2)cc1)[Si](C)(C)O[Si](C)(C)C(C)(C)CCc1ccc(-c2ccnnc2)cc1. The quantitative estimate of drug-likeness (QED) is 0.156. The summed E-state index contributed by atoms with van der Waals surface area (Å²) in [5.74, 6) is 0. The highest BCUT2D eigenvalue weighted by Gasteiger charge is 2.49. The molecular formula is C34H46N4OSi2. The van der Waals surface area contributed by atoms with Crippen molar-refractivity contribution in [2.24, 2.45) is 0 Å². The highest BCUT2D eigenvalue weighted by molar-refractivity contribution is 6.87. The lowest BCUT2D eigenvalue weighted by Crippen LogP contribution is -2.55. The zero-order valence-corrected chi connectivity index (χ0v) is 28.1. The van der Waals surface area contributed by atoms with Crippen molar-refractivity contribution in [2.75, 3.05) is 0 Å². The Kier molecular flexibility index (Phi) is 9.41. The Labute approximate surface area is 249 Å². The molecule has 216 valence electrons. The van der Waals surface area contributed by atoms with Crippen LogP contribution in [-0.2, 0) is 17.0 Å². The Morgan fingerprint density at radius 1 is 0.512 bits per heavy atom. The number of hydrogen-bond acceptors (Lipinski definition) is 5. The van der Waals surface area contributed by atoms with Crippen molar-refractivity contribution in [3.63, 3.8) is 0 Å². The topological polar surface area (TPSA) is 60.8 Å². The summed E-state index contributed by atoms with van der Waals surface area (Å²) in [6.07, 6.45) is 11.5. The van der Waals surface area contributed by atoms with E-state index in [0.717, 1.165) is 36.8 Å². The van der Waals surface area contributed by atoms with Crippen molar-refractivity contribution in [1.82, 2.24) is 20.4 Å². The molecule has 0 aliphatic rings. The third-order valence-electron chi connectivity index (χ3n) is 9.59. The van der Waals surface area contributed by atoms with Gasteiger partial charge in [-0.1, -0.05) is 76.2 Å². The lowest BCUT2D eigenvalue weighted by Gasteiger charge is -2.49. The fourth-order valence-corrected chi connectivity index (χ4v) is 13.8. The molecule has 0 aliphatic carbocycles. The maximum absolute atomic E-state index is 7.34. The highest BCUT2D eigenvalue weighted by atomic mass is 28.4. The van der Waals surface area contributed by atoms with Gasteiger partial charge in [0.15, 0.2) is 16.6 Å². The molecule has 7 heteroatoms. The number of nitrogens with zero attached hydrogens (tertiary/aromatic N) is 4. The van der Waals surface area contributed by atoms with Gasteiger partial charge in [0, 0.05) is 11.1 Å². The number of aryl methyl sites for hydroxylation is 2. The second kappa shape index (κ2) is 12.5. The molecule has 0 amide bonds. The van der Waals surface area contributed by atoms with Crippen LogP contribution in [0.1, 0.15) is 51.7 Å². The Balaban J connectivity index is 1.35. The molecular weight excluding hydrogens is 537 g/mol. The van der Waals surface area contributed by atoms with E-state index in [1.807, 2.05) is 24.5 Å². The minimum absolute atomic E-state index is 0.151. The lowest BCUT2D eigenvalue weighted by molar-refractivity contribution is 0.410. The lowest BCUT2D eigenvalue weighted by atomic mass is 9.99. The van der Waals surface area contributed by atoms with Gasteiger partial charge in [0.05, 0.1) is 24.8 Å². The maximum atomic E-state index is 7.34. The van der Waals surface area contributed by atoms with Gasteiger partial charge >= 0.3 is 0 Å². The van der Waals surface area contributed by atoms with Crippen molar-refractivity contribution < 1.29 is 4.12 Å². The molecule has 4 aromatic rings. The van der Waals surface area contributed by atoms with Crippen LogP contribution < -0.4 is 0 Å². The molecule has 2 aromatic heterocycles. The summed E-state index contributed by atoms with van der Waals surface area (Å²) < 4.78 is 7.34. The van der Waals surface area contributed by atoms with Gasteiger partial charge in [-0.25, -0.2) is 0 Å². The van der Waals surface area contributed by atoms with Gasteiger partial charge in [-0.2, -0.15) is 20.4 Å². The van der Waals surface area contributed by atoms with E-state index in [-0.39, 0.29) is 10.1 Å². The molecule has 2 aromatic carbocycles. The van der Waals surface area contributed by atoms with Crippen molar-refractivity contribution >= 4 is 16.6 Å². The molecule has 0 radical (unpaired) electrons. The minimum atomic E-state index is -2.01. The largest absolute Gasteiger partial charge is 0.455 e. The van der Waals surface area contributed by atoms with E-state index in [2.05, 4.69) is 123 Å². The summed E-state index contributed by atoms with van der Waals surface area (Å²) in [5, 5.41) is 16.1. The molecule has 5 nitrogen and oxygen atoms in total. The van der Waals surface area contributed by atoms with E-state index in [9.17, 15) is 0 Å². The van der Waals surface area contributed by atoms with Gasteiger partial charge in [-0.05, 0) is 96.3 Å². The first-order chi connectivity index (χ1) is 19.3. The first-order valence-electron chi connectivity index (χ1n) is 14.7. The van der Waals surface area contributed by atoms with Gasteiger partial charge in [-0.15, -0.1) is 0 Å². The number of hydrogen-bond donors (Lipinski definition) is 0. The second-order valence-electron chi connectivity index (χ2n) is 13.5. The van der Waals surface area contributed by atoms with Crippen LogP contribution in [0.2, 0.25) is 36.3 Å². The molecule has 41 heavy (non-hydrogen) atoms. The Hall–Kier alpha value is -3.01. The van der Waals surface area contributed by atoms with E-state index in [0.29, 0.717) is 0 Å². The fraction of sp³-hybridized carbons (Fsp3) is 0.412. The van der Waals surface area contributed by atoms with E-state index >= 15 is 0 Å². The molecule has 0 bridgehead atoms. The van der Waals surface area contributed by atoms with Gasteiger partial charge in [-0.3, -0.25) is 0 Å². The molecule has 0 N–H and O–H groups in total. The summed E-state index contributed by atoms with van der Waals surface area (Å²) in [5.41, 5.74) is 7.30. The smallest absolute Gasteiger partial charge is 0.179 e. The monoisotopic (exact) mass is 582 g/mol. The van der Waals surface area contributed by atoms with Gasteiger partial charge < -0.3 is 4.12 Å². The molecule has 0 aliphatic heterocycles. The summed E-state index contributed by atoms with van der Waals surface area (Å²) >= 11 is 0. The molecule has 0 saturated heterocycles. The van der Waals surface area contributed by atoms with Crippen LogP contribution in [0, 0.1) is 0 Å².